The van der Waals surface area contributed by atoms with Crippen LogP contribution in [0.15, 0.2) is 59.3 Å². The minimum Gasteiger partial charge on any atom is -0.490 e. The van der Waals surface area contributed by atoms with Gasteiger partial charge in [-0.3, -0.25) is 4.98 Å². The highest BCUT2D eigenvalue weighted by molar-refractivity contribution is 9.10. The Morgan fingerprint density at radius 2 is 1.82 bits per heavy atom. The maximum absolute atomic E-state index is 6.28. The third-order valence-electron chi connectivity index (χ3n) is 4.85. The number of pyridine rings is 1. The number of hydrogen-bond donors (Lipinski definition) is 2. The Morgan fingerprint density at radius 1 is 1.06 bits per heavy atom. The second-order valence-corrected chi connectivity index (χ2v) is 9.19. The van der Waals surface area contributed by atoms with Gasteiger partial charge in [0.25, 0.3) is 0 Å². The van der Waals surface area contributed by atoms with Gasteiger partial charge in [-0.05, 0) is 61.1 Å². The lowest BCUT2D eigenvalue weighted by atomic mass is 10.2. The maximum atomic E-state index is 6.28. The number of ether oxygens (including phenoxy) is 2. The Labute approximate surface area is 220 Å². The van der Waals surface area contributed by atoms with Crippen LogP contribution in [0.3, 0.4) is 0 Å². The van der Waals surface area contributed by atoms with Crippen molar-refractivity contribution in [3.05, 3.63) is 85.3 Å². The Morgan fingerprint density at radius 3 is 2.56 bits per heavy atom. The number of halogens is 3. The van der Waals surface area contributed by atoms with Crippen LogP contribution in [0.1, 0.15) is 18.1 Å². The molecule has 2 aromatic heterocycles. The standard InChI is InChI=1S/C23H20BrCl2N5O2S/c1-2-32-20-9-16(12-28-31-22(29-30-23(31)34)14-5-7-27-8-6-14)18(24)11-21(20)33-13-15-3-4-17(25)10-19(15)26/h3-11,28H,2,12-13H2,1H3,(H,30,34). The van der Waals surface area contributed by atoms with Gasteiger partial charge < -0.3 is 14.9 Å². The van der Waals surface area contributed by atoms with Gasteiger partial charge in [-0.25, -0.2) is 9.77 Å². The number of aromatic amines is 1. The average Bonchev–Trinajstić information content (AvgIpc) is 3.20. The van der Waals surface area contributed by atoms with E-state index in [0.29, 0.717) is 45.3 Å². The van der Waals surface area contributed by atoms with Gasteiger partial charge in [0.2, 0.25) is 4.77 Å². The van der Waals surface area contributed by atoms with E-state index < -0.39 is 0 Å². The number of rotatable bonds is 9. The molecule has 0 atom stereocenters. The van der Waals surface area contributed by atoms with Crippen molar-refractivity contribution in [3.63, 3.8) is 0 Å². The van der Waals surface area contributed by atoms with Crippen molar-refractivity contribution < 1.29 is 9.47 Å². The Hall–Kier alpha value is -2.59. The van der Waals surface area contributed by atoms with Crippen LogP contribution in [0.4, 0.5) is 0 Å². The van der Waals surface area contributed by atoms with E-state index in [0.717, 1.165) is 21.2 Å². The SMILES string of the molecule is CCOc1cc(CNn2c(-c3ccncc3)n[nH]c2=S)c(Br)cc1OCc1ccc(Cl)cc1Cl. The minimum absolute atomic E-state index is 0.277. The van der Waals surface area contributed by atoms with Crippen molar-refractivity contribution in [3.8, 4) is 22.9 Å². The molecule has 4 aromatic rings. The van der Waals surface area contributed by atoms with E-state index in [1.165, 1.54) is 0 Å². The first kappa shape index (κ1) is 24.5. The van der Waals surface area contributed by atoms with Crippen molar-refractivity contribution in [1.82, 2.24) is 19.9 Å². The highest BCUT2D eigenvalue weighted by Crippen LogP contribution is 2.35. The molecule has 2 heterocycles. The van der Waals surface area contributed by atoms with Gasteiger partial charge in [0.1, 0.15) is 6.61 Å². The molecule has 0 aliphatic carbocycles. The Kier molecular flexibility index (Phi) is 8.10. The molecule has 0 bridgehead atoms. The molecule has 0 amide bonds. The maximum Gasteiger partial charge on any atom is 0.214 e. The van der Waals surface area contributed by atoms with Crippen LogP contribution in [0.25, 0.3) is 11.4 Å². The molecule has 11 heteroatoms. The van der Waals surface area contributed by atoms with E-state index in [9.17, 15) is 0 Å². The summed E-state index contributed by atoms with van der Waals surface area (Å²) in [5.74, 6) is 1.88. The predicted octanol–water partition coefficient (Wildman–Crippen LogP) is 6.79. The fourth-order valence-electron chi connectivity index (χ4n) is 3.19. The molecule has 0 radical (unpaired) electrons. The van der Waals surface area contributed by atoms with Crippen LogP contribution in [-0.2, 0) is 13.2 Å². The zero-order valence-electron chi connectivity index (χ0n) is 18.0. The van der Waals surface area contributed by atoms with Crippen LogP contribution in [-0.4, -0.2) is 26.5 Å². The molecule has 176 valence electrons. The van der Waals surface area contributed by atoms with E-state index in [1.54, 1.807) is 29.2 Å². The van der Waals surface area contributed by atoms with Crippen LogP contribution in [0.5, 0.6) is 11.5 Å². The van der Waals surface area contributed by atoms with Crippen LogP contribution in [0.2, 0.25) is 10.0 Å². The van der Waals surface area contributed by atoms with E-state index in [4.69, 9.17) is 44.9 Å². The summed E-state index contributed by atoms with van der Waals surface area (Å²) in [6, 6.07) is 12.8. The number of nitrogens with one attached hydrogen (secondary N) is 2. The predicted molar refractivity (Wildman–Crippen MR) is 140 cm³/mol. The fraction of sp³-hybridized carbons (Fsp3) is 0.174. The number of H-pyrrole nitrogens is 1. The van der Waals surface area contributed by atoms with E-state index in [-0.39, 0.29) is 6.61 Å². The molecule has 2 aromatic carbocycles. The van der Waals surface area contributed by atoms with E-state index in [1.807, 2.05) is 37.3 Å². The zero-order valence-corrected chi connectivity index (χ0v) is 21.9. The van der Waals surface area contributed by atoms with Gasteiger partial charge in [-0.15, -0.1) is 0 Å². The molecular formula is C23H20BrCl2N5O2S. The van der Waals surface area contributed by atoms with Gasteiger partial charge in [0.15, 0.2) is 17.3 Å². The number of benzene rings is 2. The van der Waals surface area contributed by atoms with Gasteiger partial charge >= 0.3 is 0 Å². The molecule has 7 nitrogen and oxygen atoms in total. The molecule has 0 saturated heterocycles. The van der Waals surface area contributed by atoms with Crippen LogP contribution < -0.4 is 14.9 Å². The zero-order chi connectivity index (χ0) is 24.1. The Balaban J connectivity index is 1.54. The smallest absolute Gasteiger partial charge is 0.214 e. The van der Waals surface area contributed by atoms with Crippen LogP contribution in [0, 0.1) is 4.77 Å². The molecule has 0 fully saturated rings. The van der Waals surface area contributed by atoms with Gasteiger partial charge in [-0.1, -0.05) is 45.2 Å². The Bertz CT molecular complexity index is 1350. The first-order valence-corrected chi connectivity index (χ1v) is 12.3. The number of nitrogens with zero attached hydrogens (tertiary/aromatic N) is 3. The highest BCUT2D eigenvalue weighted by atomic mass is 79.9. The molecule has 2 N–H and O–H groups in total. The summed E-state index contributed by atoms with van der Waals surface area (Å²) >= 11 is 21.3. The van der Waals surface area contributed by atoms with E-state index in [2.05, 4.69) is 36.5 Å². The molecule has 4 rings (SSSR count). The molecule has 0 aliphatic rings. The fourth-order valence-corrected chi connectivity index (χ4v) is 4.31. The number of hydrogen-bond acceptors (Lipinski definition) is 6. The largest absolute Gasteiger partial charge is 0.490 e. The molecule has 0 saturated carbocycles. The summed E-state index contributed by atoms with van der Waals surface area (Å²) < 4.78 is 14.9. The summed E-state index contributed by atoms with van der Waals surface area (Å²) in [7, 11) is 0. The summed E-state index contributed by atoms with van der Waals surface area (Å²) in [5, 5.41) is 8.28. The second kappa shape index (κ2) is 11.2. The lowest BCUT2D eigenvalue weighted by Gasteiger charge is -2.17. The summed E-state index contributed by atoms with van der Waals surface area (Å²) in [4.78, 5) is 4.05. The van der Waals surface area contributed by atoms with Crippen molar-refractivity contribution in [2.24, 2.45) is 0 Å². The molecule has 0 aliphatic heterocycles. The number of aromatic nitrogens is 4. The van der Waals surface area contributed by atoms with Crippen LogP contribution >= 0.6 is 51.3 Å². The third kappa shape index (κ3) is 5.72. The minimum atomic E-state index is 0.277. The third-order valence-corrected chi connectivity index (χ3v) is 6.45. The quantitative estimate of drug-likeness (QED) is 0.212. The molecule has 0 unspecified atom stereocenters. The summed E-state index contributed by atoms with van der Waals surface area (Å²) in [5.41, 5.74) is 5.98. The molecule has 0 spiro atoms. The monoisotopic (exact) mass is 579 g/mol. The van der Waals surface area contributed by atoms with Gasteiger partial charge in [-0.2, -0.15) is 5.10 Å². The van der Waals surface area contributed by atoms with Crippen molar-refractivity contribution in [2.75, 3.05) is 12.0 Å². The molecule has 34 heavy (non-hydrogen) atoms. The lowest BCUT2D eigenvalue weighted by Crippen LogP contribution is -2.16. The van der Waals surface area contributed by atoms with E-state index >= 15 is 0 Å². The summed E-state index contributed by atoms with van der Waals surface area (Å²) in [6.07, 6.45) is 3.41. The second-order valence-electron chi connectivity index (χ2n) is 7.11. The lowest BCUT2D eigenvalue weighted by molar-refractivity contribution is 0.269. The van der Waals surface area contributed by atoms with Crippen molar-refractivity contribution >= 4 is 51.3 Å². The van der Waals surface area contributed by atoms with Crippen molar-refractivity contribution in [2.45, 2.75) is 20.1 Å². The average molecular weight is 581 g/mol. The normalized spacial score (nSPS) is 10.8. The van der Waals surface area contributed by atoms with Gasteiger partial charge in [0.05, 0.1) is 13.2 Å². The first-order chi connectivity index (χ1) is 16.5. The topological polar surface area (TPSA) is 77.0 Å². The molecular weight excluding hydrogens is 561 g/mol. The van der Waals surface area contributed by atoms with Crippen molar-refractivity contribution in [1.29, 1.82) is 0 Å². The summed E-state index contributed by atoms with van der Waals surface area (Å²) in [6.45, 7) is 3.15. The highest BCUT2D eigenvalue weighted by Gasteiger charge is 2.14. The first-order valence-electron chi connectivity index (χ1n) is 10.3. The van der Waals surface area contributed by atoms with Gasteiger partial charge in [0, 0.05) is 38.0 Å².